The Bertz CT molecular complexity index is 349. The van der Waals surface area contributed by atoms with Crippen molar-refractivity contribution in [2.45, 2.75) is 12.5 Å². The smallest absolute Gasteiger partial charge is 0.257 e. The molecule has 1 aliphatic rings. The molecule has 0 radical (unpaired) electrons. The second-order valence-corrected chi connectivity index (χ2v) is 4.04. The maximum Gasteiger partial charge on any atom is 0.257 e. The van der Waals surface area contributed by atoms with Gasteiger partial charge in [0.05, 0.1) is 31.1 Å². The van der Waals surface area contributed by atoms with Crippen molar-refractivity contribution >= 4 is 5.91 Å². The Hall–Kier alpha value is -1.33. The van der Waals surface area contributed by atoms with Crippen LogP contribution in [0.25, 0.3) is 0 Å². The second-order valence-electron chi connectivity index (χ2n) is 4.04. The third kappa shape index (κ3) is 3.08. The quantitative estimate of drug-likeness (QED) is 0.723. The lowest BCUT2D eigenvalue weighted by Gasteiger charge is -2.15. The van der Waals surface area contributed by atoms with Gasteiger partial charge in [0.25, 0.3) is 5.91 Å². The number of hydrogen-bond acceptors (Lipinski definition) is 4. The number of amides is 1. The first-order valence-corrected chi connectivity index (χ1v) is 5.73. The van der Waals surface area contributed by atoms with Gasteiger partial charge in [-0.15, -0.1) is 0 Å². The molecule has 1 saturated heterocycles. The fourth-order valence-electron chi connectivity index (χ4n) is 1.92. The Kier molecular flexibility index (Phi) is 4.17. The molecule has 2 heterocycles. The number of methoxy groups -OCH3 is 1. The van der Waals surface area contributed by atoms with Crippen LogP contribution in [-0.2, 0) is 9.47 Å². The van der Waals surface area contributed by atoms with E-state index in [2.05, 4.69) is 0 Å². The predicted molar refractivity (Wildman–Crippen MR) is 60.8 cm³/mol. The lowest BCUT2D eigenvalue weighted by molar-refractivity contribution is 0.0218. The van der Waals surface area contributed by atoms with Gasteiger partial charge in [-0.05, 0) is 12.5 Å². The van der Waals surface area contributed by atoms with Crippen LogP contribution >= 0.6 is 0 Å². The predicted octanol–water partition coefficient (Wildman–Crippen LogP) is 1.16. The number of ether oxygens (including phenoxy) is 2. The largest absolute Gasteiger partial charge is 0.472 e. The maximum atomic E-state index is 12.0. The van der Waals surface area contributed by atoms with Crippen molar-refractivity contribution in [1.29, 1.82) is 0 Å². The average molecular weight is 239 g/mol. The molecule has 1 atom stereocenters. The molecule has 0 aromatic carbocycles. The van der Waals surface area contributed by atoms with Crippen molar-refractivity contribution in [3.8, 4) is 0 Å². The minimum Gasteiger partial charge on any atom is -0.472 e. The summed E-state index contributed by atoms with van der Waals surface area (Å²) in [7, 11) is 1.65. The van der Waals surface area contributed by atoms with Gasteiger partial charge in [0.1, 0.15) is 6.26 Å². The number of nitrogens with zero attached hydrogens (tertiary/aromatic N) is 1. The van der Waals surface area contributed by atoms with E-state index in [9.17, 15) is 4.79 Å². The van der Waals surface area contributed by atoms with Gasteiger partial charge in [-0.1, -0.05) is 0 Å². The summed E-state index contributed by atoms with van der Waals surface area (Å²) < 4.78 is 15.4. The van der Waals surface area contributed by atoms with E-state index in [0.717, 1.165) is 13.0 Å². The molecule has 5 heteroatoms. The summed E-state index contributed by atoms with van der Waals surface area (Å²) in [6.07, 6.45) is 3.99. The Morgan fingerprint density at radius 1 is 1.59 bits per heavy atom. The van der Waals surface area contributed by atoms with Gasteiger partial charge in [-0.2, -0.15) is 0 Å². The normalized spacial score (nSPS) is 19.8. The van der Waals surface area contributed by atoms with Gasteiger partial charge >= 0.3 is 0 Å². The van der Waals surface area contributed by atoms with Crippen molar-refractivity contribution < 1.29 is 18.7 Å². The molecular formula is C12H17NO4. The fraction of sp³-hybridized carbons (Fsp3) is 0.583. The first-order valence-electron chi connectivity index (χ1n) is 5.73. The summed E-state index contributed by atoms with van der Waals surface area (Å²) in [6, 6.07) is 1.68. The van der Waals surface area contributed by atoms with E-state index in [0.29, 0.717) is 25.3 Å². The van der Waals surface area contributed by atoms with Gasteiger partial charge in [0.15, 0.2) is 0 Å². The van der Waals surface area contributed by atoms with Crippen molar-refractivity contribution in [1.82, 2.24) is 4.90 Å². The molecule has 5 nitrogen and oxygen atoms in total. The lowest BCUT2D eigenvalue weighted by Crippen LogP contribution is -2.30. The van der Waals surface area contributed by atoms with Crippen LogP contribution in [-0.4, -0.2) is 50.3 Å². The molecular weight excluding hydrogens is 222 g/mol. The summed E-state index contributed by atoms with van der Waals surface area (Å²) in [5.41, 5.74) is 0.600. The molecule has 0 spiro atoms. The van der Waals surface area contributed by atoms with Crippen LogP contribution in [0.4, 0.5) is 0 Å². The van der Waals surface area contributed by atoms with Crippen LogP contribution in [0.3, 0.4) is 0 Å². The Morgan fingerprint density at radius 2 is 2.47 bits per heavy atom. The van der Waals surface area contributed by atoms with E-state index in [-0.39, 0.29) is 12.0 Å². The number of hydrogen-bond donors (Lipinski definition) is 0. The maximum absolute atomic E-state index is 12.0. The van der Waals surface area contributed by atoms with Crippen LogP contribution in [0.15, 0.2) is 23.0 Å². The van der Waals surface area contributed by atoms with Crippen LogP contribution in [0.5, 0.6) is 0 Å². The average Bonchev–Trinajstić information content (AvgIpc) is 3.00. The molecule has 0 bridgehead atoms. The van der Waals surface area contributed by atoms with Gasteiger partial charge in [0.2, 0.25) is 0 Å². The third-order valence-corrected chi connectivity index (χ3v) is 2.84. The van der Waals surface area contributed by atoms with Gasteiger partial charge in [0, 0.05) is 20.2 Å². The summed E-state index contributed by atoms with van der Waals surface area (Å²) in [5.74, 6) is 0.0107. The van der Waals surface area contributed by atoms with E-state index in [4.69, 9.17) is 13.9 Å². The monoisotopic (exact) mass is 239 g/mol. The van der Waals surface area contributed by atoms with Gasteiger partial charge in [-0.25, -0.2) is 0 Å². The second kappa shape index (κ2) is 5.84. The summed E-state index contributed by atoms with van der Waals surface area (Å²) >= 11 is 0. The standard InChI is InChI=1S/C12H17NO4/c1-15-6-7-17-11-2-4-13(8-11)12(14)10-3-5-16-9-10/h3,5,9,11H,2,4,6-8H2,1H3. The Balaban J connectivity index is 1.79. The lowest BCUT2D eigenvalue weighted by atomic mass is 10.3. The number of rotatable bonds is 5. The van der Waals surface area contributed by atoms with Crippen LogP contribution in [0.2, 0.25) is 0 Å². The molecule has 1 aromatic heterocycles. The molecule has 0 aliphatic carbocycles. The summed E-state index contributed by atoms with van der Waals surface area (Å²) in [6.45, 7) is 2.55. The molecule has 0 N–H and O–H groups in total. The van der Waals surface area contributed by atoms with E-state index < -0.39 is 0 Å². The SMILES string of the molecule is COCCOC1CCN(C(=O)c2ccoc2)C1. The molecule has 1 unspecified atom stereocenters. The zero-order chi connectivity index (χ0) is 12.1. The van der Waals surface area contributed by atoms with Crippen LogP contribution in [0, 0.1) is 0 Å². The molecule has 1 amide bonds. The highest BCUT2D eigenvalue weighted by Gasteiger charge is 2.27. The minimum absolute atomic E-state index is 0.0107. The molecule has 2 rings (SSSR count). The van der Waals surface area contributed by atoms with Gasteiger partial charge < -0.3 is 18.8 Å². The topological polar surface area (TPSA) is 51.9 Å². The van der Waals surface area contributed by atoms with Crippen molar-refractivity contribution in [3.05, 3.63) is 24.2 Å². The Labute approximate surface area is 100 Å². The highest BCUT2D eigenvalue weighted by molar-refractivity contribution is 5.94. The van der Waals surface area contributed by atoms with E-state index in [1.54, 1.807) is 18.1 Å². The molecule has 94 valence electrons. The number of carbonyl (C=O) groups excluding carboxylic acids is 1. The first kappa shape index (κ1) is 12.1. The fourth-order valence-corrected chi connectivity index (χ4v) is 1.92. The molecule has 1 fully saturated rings. The third-order valence-electron chi connectivity index (χ3n) is 2.84. The highest BCUT2D eigenvalue weighted by atomic mass is 16.5. The minimum atomic E-state index is 0.0107. The molecule has 0 saturated carbocycles. The van der Waals surface area contributed by atoms with Gasteiger partial charge in [-0.3, -0.25) is 4.79 Å². The molecule has 1 aromatic rings. The number of likely N-dealkylation sites (tertiary alicyclic amines) is 1. The molecule has 17 heavy (non-hydrogen) atoms. The zero-order valence-electron chi connectivity index (χ0n) is 9.93. The summed E-state index contributed by atoms with van der Waals surface area (Å²) in [5, 5.41) is 0. The first-order chi connectivity index (χ1) is 8.31. The van der Waals surface area contributed by atoms with Crippen molar-refractivity contribution in [3.63, 3.8) is 0 Å². The van der Waals surface area contributed by atoms with E-state index in [1.165, 1.54) is 12.5 Å². The van der Waals surface area contributed by atoms with Crippen LogP contribution in [0.1, 0.15) is 16.8 Å². The van der Waals surface area contributed by atoms with E-state index >= 15 is 0 Å². The van der Waals surface area contributed by atoms with Crippen molar-refractivity contribution in [2.24, 2.45) is 0 Å². The Morgan fingerprint density at radius 3 is 3.18 bits per heavy atom. The highest BCUT2D eigenvalue weighted by Crippen LogP contribution is 2.16. The van der Waals surface area contributed by atoms with Crippen molar-refractivity contribution in [2.75, 3.05) is 33.4 Å². The van der Waals surface area contributed by atoms with Crippen LogP contribution < -0.4 is 0 Å². The number of furan rings is 1. The van der Waals surface area contributed by atoms with E-state index in [1.807, 2.05) is 0 Å². The number of carbonyl (C=O) groups is 1. The summed E-state index contributed by atoms with van der Waals surface area (Å²) in [4.78, 5) is 13.8. The zero-order valence-corrected chi connectivity index (χ0v) is 9.93. The molecule has 1 aliphatic heterocycles.